The van der Waals surface area contributed by atoms with Crippen molar-refractivity contribution in [2.75, 3.05) is 0 Å². The molecule has 6 aliphatic carbocycles. The van der Waals surface area contributed by atoms with Crippen molar-refractivity contribution in [2.45, 2.75) is 16.2 Å². The first-order valence-electron chi connectivity index (χ1n) is 48.0. The molecule has 0 N–H and O–H groups in total. The van der Waals surface area contributed by atoms with Gasteiger partial charge in [-0.2, -0.15) is 0 Å². The molecule has 31 rings (SSSR count). The van der Waals surface area contributed by atoms with Gasteiger partial charge in [-0.05, 0) is 169 Å². The van der Waals surface area contributed by atoms with Gasteiger partial charge in [0.2, 0.25) is 0 Å². The second-order valence-electron chi connectivity index (χ2n) is 37.6. The number of hydrogen-bond donors (Lipinski definition) is 0. The van der Waals surface area contributed by atoms with E-state index in [1.165, 1.54) is 94.0 Å². The van der Waals surface area contributed by atoms with Gasteiger partial charge in [-0.1, -0.05) is 449 Å². The van der Waals surface area contributed by atoms with Gasteiger partial charge < -0.3 is 22.4 Å². The summed E-state index contributed by atoms with van der Waals surface area (Å²) in [7, 11) is -6.87. The molecule has 25 aromatic rings. The molecule has 654 valence electrons. The lowest BCUT2D eigenvalue weighted by atomic mass is 9.70. The zero-order valence-electron chi connectivity index (χ0n) is 75.6. The molecule has 0 saturated carbocycles. The minimum atomic E-state index is -3.61. The van der Waals surface area contributed by atoms with Crippen molar-refractivity contribution in [3.8, 4) is 89.7 Å². The van der Waals surface area contributed by atoms with E-state index in [1.54, 1.807) is 0 Å². The van der Waals surface area contributed by atoms with Gasteiger partial charge in [0, 0.05) is 92.3 Å². The van der Waals surface area contributed by atoms with Crippen molar-refractivity contribution in [1.29, 1.82) is 0 Å². The smallest absolute Gasteiger partial charge is 0.172 e. The molecule has 8 heteroatoms. The number of rotatable bonds is 8. The molecule has 6 aliphatic rings. The van der Waals surface area contributed by atoms with Crippen LogP contribution in [-0.2, 0) is 25.4 Å². The summed E-state index contributed by atoms with van der Waals surface area (Å²) >= 11 is 0. The highest BCUT2D eigenvalue weighted by Crippen LogP contribution is 2.70. The molecule has 0 aliphatic heterocycles. The predicted molar refractivity (Wildman–Crippen MR) is 575 cm³/mol. The Morgan fingerprint density at radius 1 is 0.200 bits per heavy atom. The maximum absolute atomic E-state index is 17.3. The highest BCUT2D eigenvalue weighted by atomic mass is 31.2. The van der Waals surface area contributed by atoms with E-state index < -0.39 is 30.5 Å². The summed E-state index contributed by atoms with van der Waals surface area (Å²) in [5.41, 5.74) is 31.1. The summed E-state index contributed by atoms with van der Waals surface area (Å²) < 4.78 is 53.4. The van der Waals surface area contributed by atoms with Crippen molar-refractivity contribution in [1.82, 2.24) is 4.98 Å². The first-order valence-corrected chi connectivity index (χ1v) is 51.4. The van der Waals surface area contributed by atoms with Crippen molar-refractivity contribution in [3.63, 3.8) is 0 Å². The molecule has 4 heterocycles. The molecule has 21 aromatic carbocycles. The van der Waals surface area contributed by atoms with Gasteiger partial charge in [0.25, 0.3) is 0 Å². The third-order valence-electron chi connectivity index (χ3n) is 31.0. The van der Waals surface area contributed by atoms with Crippen LogP contribution < -0.4 is 31.8 Å². The summed E-state index contributed by atoms with van der Waals surface area (Å²) in [6, 6.07) is 173. The highest BCUT2D eigenvalue weighted by molar-refractivity contribution is 7.86. The highest BCUT2D eigenvalue weighted by Gasteiger charge is 2.60. The Labute approximate surface area is 807 Å². The van der Waals surface area contributed by atoms with Crippen LogP contribution in [0.4, 0.5) is 0 Å². The monoisotopic (exact) mass is 1820 g/mol. The van der Waals surface area contributed by atoms with Crippen molar-refractivity contribution >= 4 is 122 Å². The van der Waals surface area contributed by atoms with Gasteiger partial charge >= 0.3 is 0 Å². The summed E-state index contributed by atoms with van der Waals surface area (Å²) in [6.45, 7) is 0. The lowest BCUT2D eigenvalue weighted by Gasteiger charge is -2.34. The number of pyridine rings is 1. The van der Waals surface area contributed by atoms with E-state index in [1.807, 2.05) is 72.8 Å². The molecule has 0 saturated heterocycles. The van der Waals surface area contributed by atoms with Crippen LogP contribution in [0.25, 0.3) is 166 Å². The van der Waals surface area contributed by atoms with Crippen LogP contribution in [0.2, 0.25) is 0 Å². The molecule has 6 nitrogen and oxygen atoms in total. The first-order chi connectivity index (χ1) is 69.2. The van der Waals surface area contributed by atoms with Crippen LogP contribution in [0.3, 0.4) is 0 Å². The van der Waals surface area contributed by atoms with E-state index in [4.69, 9.17) is 18.2 Å². The minimum Gasteiger partial charge on any atom is -0.456 e. The van der Waals surface area contributed by atoms with E-state index >= 15 is 9.13 Å². The standard InChI is InChI=1S/C47H29O2P.C46H27NO.C39H25O2P/c48-50(41-27-11-16-30-14-1-3-18-32(30)41,42-28-12-17-31-15-2-4-19-33(31)42)43-29-13-23-35-34-20-5-8-24-38(34)47(44(35)43)39-25-9-6-21-36(39)46-45(47)37-22-7-10-26-40(37)49-46;1-2-12-29-25-30(22-21-28(29)11-1)36-27-42(47-41-19-9-5-15-34(36)41)31-23-24-40-37(26-31)45-44(35-16-6-10-20-43(35)48-45)46(40)38-17-7-3-13-32(38)33-14-4-8-18-39(33)46;40-42(26-14-3-1-4-15-26,27-16-5-2-6-17-27)35-25-13-23-33-36(35)28-18-7-10-21-31(28)39(33)32-22-11-8-19-29(32)38-37(39)30-20-9-12-24-34(30)41-38/h1-29H;1-27H;1-25H. The summed E-state index contributed by atoms with van der Waals surface area (Å²) in [5.74, 6) is 2.77. The largest absolute Gasteiger partial charge is 0.456 e. The topological polar surface area (TPSA) is 86.5 Å². The maximum atomic E-state index is 17.3. The van der Waals surface area contributed by atoms with E-state index in [0.717, 1.165) is 170 Å². The van der Waals surface area contributed by atoms with Crippen LogP contribution in [-0.4, -0.2) is 4.98 Å². The van der Waals surface area contributed by atoms with Crippen LogP contribution in [0.5, 0.6) is 0 Å². The lowest BCUT2D eigenvalue weighted by molar-refractivity contribution is 0.591. The average molecular weight is 1820 g/mol. The molecule has 2 unspecified atom stereocenters. The van der Waals surface area contributed by atoms with E-state index in [0.29, 0.717) is 0 Å². The molecule has 0 radical (unpaired) electrons. The third kappa shape index (κ3) is 10.9. The molecular weight excluding hydrogens is 1740 g/mol. The number of benzene rings is 21. The molecule has 3 spiro atoms. The Bertz CT molecular complexity index is 9530. The molecule has 4 aromatic heterocycles. The van der Waals surface area contributed by atoms with E-state index in [-0.39, 0.29) is 0 Å². The number of hydrogen-bond acceptors (Lipinski definition) is 6. The van der Waals surface area contributed by atoms with Crippen LogP contribution in [0, 0.1) is 0 Å². The van der Waals surface area contributed by atoms with E-state index in [2.05, 4.69) is 419 Å². The fourth-order valence-corrected chi connectivity index (χ4v) is 31.7. The maximum Gasteiger partial charge on any atom is 0.172 e. The zero-order valence-corrected chi connectivity index (χ0v) is 77.4. The molecular formula is C132H81NO5P2. The average Bonchev–Trinajstić information content (AvgIpc) is 1.49. The fraction of sp³-hybridized carbons (Fsp3) is 0.0227. The second-order valence-corrected chi connectivity index (χ2v) is 43.0. The summed E-state index contributed by atoms with van der Waals surface area (Å²) in [6.07, 6.45) is 0. The molecule has 140 heavy (non-hydrogen) atoms. The van der Waals surface area contributed by atoms with E-state index in [9.17, 15) is 0 Å². The lowest BCUT2D eigenvalue weighted by Crippen LogP contribution is -2.35. The SMILES string of the molecule is O=P(c1cccc2c1C1(c3ccccc3-2)c2ccccc2-c2oc3ccccc3c21)(c1cccc2ccccc12)c1cccc2ccccc12.O=P(c1ccccc1)(c1ccccc1)c1cccc2c1-c1ccccc1C21c2ccccc2-c2oc3ccccc3c21.c1ccc2c(c1)-c1ccccc1C21c2ccc(-c3cc(-c4ccc5ccccc5c4)c4ccccc4n3)cc2-c2oc3ccccc3c21. The molecule has 0 bridgehead atoms. The first kappa shape index (κ1) is 80.2. The number of nitrogens with zero attached hydrogens (tertiary/aromatic N) is 1. The Morgan fingerprint density at radius 2 is 0.557 bits per heavy atom. The minimum absolute atomic E-state index is 0.462. The Kier molecular flexibility index (Phi) is 17.4. The van der Waals surface area contributed by atoms with Crippen LogP contribution in [0.15, 0.2) is 505 Å². The quantitative estimate of drug-likeness (QED) is 0.141. The second kappa shape index (κ2) is 30.4. The Hall–Kier alpha value is -17.1. The van der Waals surface area contributed by atoms with Crippen molar-refractivity contribution < 1.29 is 22.4 Å². The van der Waals surface area contributed by atoms with Gasteiger partial charge in [-0.3, -0.25) is 0 Å². The number of aromatic nitrogens is 1. The Balaban J connectivity index is 0.000000101. The van der Waals surface area contributed by atoms with Crippen molar-refractivity contribution in [3.05, 3.63) is 558 Å². The third-order valence-corrected chi connectivity index (χ3v) is 37.3. The van der Waals surface area contributed by atoms with Crippen LogP contribution >= 0.6 is 14.3 Å². The molecule has 2 atom stereocenters. The fourth-order valence-electron chi connectivity index (χ4n) is 25.5. The van der Waals surface area contributed by atoms with Gasteiger partial charge in [-0.15, -0.1) is 0 Å². The summed E-state index contributed by atoms with van der Waals surface area (Å²) in [4.78, 5) is 5.25. The van der Waals surface area contributed by atoms with Gasteiger partial charge in [0.05, 0.1) is 27.5 Å². The van der Waals surface area contributed by atoms with Gasteiger partial charge in [0.15, 0.2) is 14.3 Å². The number of fused-ring (bicyclic) bond motifs is 40. The predicted octanol–water partition coefficient (Wildman–Crippen LogP) is 30.9. The zero-order chi connectivity index (χ0) is 92.3. The molecule has 0 fully saturated rings. The van der Waals surface area contributed by atoms with Gasteiger partial charge in [-0.25, -0.2) is 4.98 Å². The molecule has 0 amide bonds. The van der Waals surface area contributed by atoms with Crippen LogP contribution in [0.1, 0.15) is 66.8 Å². The normalized spacial score (nSPS) is 15.2. The number of para-hydroxylation sites is 4. The van der Waals surface area contributed by atoms with Gasteiger partial charge in [0.1, 0.15) is 34.0 Å². The van der Waals surface area contributed by atoms with Crippen molar-refractivity contribution in [2.24, 2.45) is 0 Å². The number of furan rings is 3. The summed E-state index contributed by atoms with van der Waals surface area (Å²) in [5, 5.41) is 16.3. The Morgan fingerprint density at radius 3 is 1.12 bits per heavy atom.